The van der Waals surface area contributed by atoms with Crippen LogP contribution in [-0.2, 0) is 6.61 Å². The second-order valence-corrected chi connectivity index (χ2v) is 5.02. The lowest BCUT2D eigenvalue weighted by atomic mass is 10.2. The largest absolute Gasteiger partial charge is 0.493 e. The number of ether oxygens (including phenoxy) is 4. The molecule has 0 aliphatic heterocycles. The smallest absolute Gasteiger partial charge is 0.204 e. The monoisotopic (exact) mass is 352 g/mol. The highest BCUT2D eigenvalue weighted by molar-refractivity contribution is 9.10. The molecule has 4 nitrogen and oxygen atoms in total. The Kier molecular flexibility index (Phi) is 5.33. The van der Waals surface area contributed by atoms with Crippen LogP contribution >= 0.6 is 15.9 Å². The molecule has 0 unspecified atom stereocenters. The van der Waals surface area contributed by atoms with Crippen LogP contribution in [0.1, 0.15) is 5.56 Å². The fraction of sp³-hybridized carbons (Fsp3) is 0.250. The van der Waals surface area contributed by atoms with Crippen molar-refractivity contribution in [3.63, 3.8) is 0 Å². The molecule has 2 rings (SSSR count). The lowest BCUT2D eigenvalue weighted by Crippen LogP contribution is -2.00. The molecule has 0 radical (unpaired) electrons. The van der Waals surface area contributed by atoms with E-state index in [2.05, 4.69) is 15.9 Å². The maximum absolute atomic E-state index is 5.84. The van der Waals surface area contributed by atoms with Gasteiger partial charge in [0.05, 0.1) is 21.3 Å². The highest BCUT2D eigenvalue weighted by Crippen LogP contribution is 2.48. The average molecular weight is 353 g/mol. The number of methoxy groups -OCH3 is 3. The average Bonchev–Trinajstić information content (AvgIpc) is 2.54. The SMILES string of the molecule is COc1cc(OCc2ccccc2)c(Br)c(OC)c1OC. The first-order valence-corrected chi connectivity index (χ1v) is 7.15. The van der Waals surface area contributed by atoms with Crippen LogP contribution in [-0.4, -0.2) is 21.3 Å². The molecule has 0 amide bonds. The Balaban J connectivity index is 2.31. The van der Waals surface area contributed by atoms with E-state index in [1.807, 2.05) is 30.3 Å². The Morgan fingerprint density at radius 3 is 2.10 bits per heavy atom. The third kappa shape index (κ3) is 3.42. The van der Waals surface area contributed by atoms with E-state index in [4.69, 9.17) is 18.9 Å². The summed E-state index contributed by atoms with van der Waals surface area (Å²) in [7, 11) is 4.71. The Bertz CT molecular complexity index is 599. The minimum atomic E-state index is 0.456. The highest BCUT2D eigenvalue weighted by atomic mass is 79.9. The van der Waals surface area contributed by atoms with Gasteiger partial charge in [-0.25, -0.2) is 0 Å². The van der Waals surface area contributed by atoms with Gasteiger partial charge in [0.15, 0.2) is 11.5 Å². The van der Waals surface area contributed by atoms with Gasteiger partial charge in [-0.05, 0) is 21.5 Å². The molecule has 2 aromatic rings. The minimum Gasteiger partial charge on any atom is -0.493 e. The first-order valence-electron chi connectivity index (χ1n) is 6.36. The summed E-state index contributed by atoms with van der Waals surface area (Å²) in [5, 5.41) is 0. The van der Waals surface area contributed by atoms with Crippen molar-refractivity contribution in [2.75, 3.05) is 21.3 Å². The van der Waals surface area contributed by atoms with Gasteiger partial charge in [-0.1, -0.05) is 30.3 Å². The van der Waals surface area contributed by atoms with Crippen LogP contribution in [0.4, 0.5) is 0 Å². The maximum atomic E-state index is 5.84. The van der Waals surface area contributed by atoms with E-state index in [1.165, 1.54) is 0 Å². The van der Waals surface area contributed by atoms with E-state index in [1.54, 1.807) is 27.4 Å². The van der Waals surface area contributed by atoms with Crippen molar-refractivity contribution in [3.05, 3.63) is 46.4 Å². The number of hydrogen-bond donors (Lipinski definition) is 0. The number of hydrogen-bond acceptors (Lipinski definition) is 4. The molecule has 0 spiro atoms. The Morgan fingerprint density at radius 2 is 1.52 bits per heavy atom. The van der Waals surface area contributed by atoms with Crippen molar-refractivity contribution in [1.82, 2.24) is 0 Å². The number of rotatable bonds is 6. The van der Waals surface area contributed by atoms with Crippen molar-refractivity contribution < 1.29 is 18.9 Å². The molecule has 0 fully saturated rings. The van der Waals surface area contributed by atoms with Crippen molar-refractivity contribution >= 4 is 15.9 Å². The molecule has 0 atom stereocenters. The summed E-state index contributed by atoms with van der Waals surface area (Å²) in [6.45, 7) is 0.456. The minimum absolute atomic E-state index is 0.456. The first-order chi connectivity index (χ1) is 10.2. The molecule has 0 aromatic heterocycles. The lowest BCUT2D eigenvalue weighted by Gasteiger charge is -2.17. The molecule has 0 N–H and O–H groups in total. The summed E-state index contributed by atoms with van der Waals surface area (Å²) in [5.41, 5.74) is 1.08. The van der Waals surface area contributed by atoms with E-state index in [0.717, 1.165) is 5.56 Å². The topological polar surface area (TPSA) is 36.9 Å². The summed E-state index contributed by atoms with van der Waals surface area (Å²) in [4.78, 5) is 0. The van der Waals surface area contributed by atoms with Gasteiger partial charge < -0.3 is 18.9 Å². The molecule has 0 bridgehead atoms. The van der Waals surface area contributed by atoms with E-state index < -0.39 is 0 Å². The fourth-order valence-electron chi connectivity index (χ4n) is 1.94. The van der Waals surface area contributed by atoms with Crippen LogP contribution in [0.5, 0.6) is 23.0 Å². The second-order valence-electron chi connectivity index (χ2n) is 4.23. The van der Waals surface area contributed by atoms with Gasteiger partial charge >= 0.3 is 0 Å². The molecule has 0 heterocycles. The van der Waals surface area contributed by atoms with Gasteiger partial charge in [-0.2, -0.15) is 0 Å². The zero-order valence-electron chi connectivity index (χ0n) is 12.2. The van der Waals surface area contributed by atoms with E-state index in [9.17, 15) is 0 Å². The van der Waals surface area contributed by atoms with Gasteiger partial charge in [0.1, 0.15) is 16.8 Å². The summed E-state index contributed by atoms with van der Waals surface area (Å²) >= 11 is 3.48. The predicted molar refractivity (Wildman–Crippen MR) is 84.6 cm³/mol. The van der Waals surface area contributed by atoms with E-state index >= 15 is 0 Å². The van der Waals surface area contributed by atoms with E-state index in [-0.39, 0.29) is 0 Å². The highest BCUT2D eigenvalue weighted by Gasteiger charge is 2.20. The van der Waals surface area contributed by atoms with Crippen molar-refractivity contribution in [3.8, 4) is 23.0 Å². The zero-order valence-corrected chi connectivity index (χ0v) is 13.8. The lowest BCUT2D eigenvalue weighted by molar-refractivity contribution is 0.288. The molecular formula is C16H17BrO4. The molecule has 21 heavy (non-hydrogen) atoms. The van der Waals surface area contributed by atoms with Crippen LogP contribution in [0.3, 0.4) is 0 Å². The Morgan fingerprint density at radius 1 is 0.857 bits per heavy atom. The Hall–Kier alpha value is -1.88. The predicted octanol–water partition coefficient (Wildman–Crippen LogP) is 4.05. The van der Waals surface area contributed by atoms with Gasteiger partial charge in [0, 0.05) is 6.07 Å². The molecular weight excluding hydrogens is 336 g/mol. The van der Waals surface area contributed by atoms with Crippen LogP contribution in [0.25, 0.3) is 0 Å². The molecule has 5 heteroatoms. The maximum Gasteiger partial charge on any atom is 0.204 e. The standard InChI is InChI=1S/C16H17BrO4/c1-18-13-9-12(14(17)16(20-3)15(13)19-2)21-10-11-7-5-4-6-8-11/h4-9H,10H2,1-3H3. The van der Waals surface area contributed by atoms with Crippen LogP contribution in [0, 0.1) is 0 Å². The zero-order chi connectivity index (χ0) is 15.2. The second kappa shape index (κ2) is 7.22. The van der Waals surface area contributed by atoms with Gasteiger partial charge in [-0.15, -0.1) is 0 Å². The van der Waals surface area contributed by atoms with Crippen molar-refractivity contribution in [2.24, 2.45) is 0 Å². The fourth-order valence-corrected chi connectivity index (χ4v) is 2.51. The quantitative estimate of drug-likeness (QED) is 0.785. The normalized spacial score (nSPS) is 10.1. The van der Waals surface area contributed by atoms with Crippen molar-refractivity contribution in [2.45, 2.75) is 6.61 Å². The van der Waals surface area contributed by atoms with Crippen molar-refractivity contribution in [1.29, 1.82) is 0 Å². The van der Waals surface area contributed by atoms with Crippen LogP contribution < -0.4 is 18.9 Å². The third-order valence-electron chi connectivity index (χ3n) is 2.97. The Labute approximate surface area is 132 Å². The van der Waals surface area contributed by atoms with Gasteiger partial charge in [0.25, 0.3) is 0 Å². The summed E-state index contributed by atoms with van der Waals surface area (Å²) in [5.74, 6) is 2.26. The molecule has 112 valence electrons. The van der Waals surface area contributed by atoms with Gasteiger partial charge in [0.2, 0.25) is 5.75 Å². The molecule has 0 aliphatic carbocycles. The number of halogens is 1. The molecule has 0 aliphatic rings. The van der Waals surface area contributed by atoms with Gasteiger partial charge in [-0.3, -0.25) is 0 Å². The number of benzene rings is 2. The van der Waals surface area contributed by atoms with Crippen LogP contribution in [0.2, 0.25) is 0 Å². The van der Waals surface area contributed by atoms with E-state index in [0.29, 0.717) is 34.1 Å². The summed E-state index contributed by atoms with van der Waals surface area (Å²) < 4.78 is 22.6. The third-order valence-corrected chi connectivity index (χ3v) is 3.72. The molecule has 0 saturated heterocycles. The van der Waals surface area contributed by atoms with Crippen LogP contribution in [0.15, 0.2) is 40.9 Å². The summed E-state index contributed by atoms with van der Waals surface area (Å²) in [6, 6.07) is 11.7. The molecule has 2 aromatic carbocycles. The first kappa shape index (κ1) is 15.5. The molecule has 0 saturated carbocycles. The summed E-state index contributed by atoms with van der Waals surface area (Å²) in [6.07, 6.45) is 0.